The maximum absolute atomic E-state index is 12.6. The van der Waals surface area contributed by atoms with Crippen LogP contribution in [0.4, 0.5) is 0 Å². The molecular formula is C26H24N6O2. The van der Waals surface area contributed by atoms with Crippen molar-refractivity contribution in [1.29, 1.82) is 0 Å². The number of hydrogen-bond acceptors (Lipinski definition) is 5. The summed E-state index contributed by atoms with van der Waals surface area (Å²) in [5.41, 5.74) is 4.21. The SMILES string of the molecule is O=C(NCc1cn2cc(CNCCc3ccccc3)ccc2n1)c1cc(=O)n2ccccc2n1. The second kappa shape index (κ2) is 9.68. The van der Waals surface area contributed by atoms with Crippen LogP contribution in [0.25, 0.3) is 11.3 Å². The molecule has 0 radical (unpaired) electrons. The Labute approximate surface area is 195 Å². The van der Waals surface area contributed by atoms with Crippen molar-refractivity contribution >= 4 is 17.2 Å². The van der Waals surface area contributed by atoms with Crippen molar-refractivity contribution in [1.82, 2.24) is 29.4 Å². The molecule has 0 atom stereocenters. The Bertz CT molecular complexity index is 1510. The number of rotatable bonds is 8. The van der Waals surface area contributed by atoms with Crippen molar-refractivity contribution < 1.29 is 4.79 Å². The van der Waals surface area contributed by atoms with Crippen molar-refractivity contribution in [3.63, 3.8) is 0 Å². The first kappa shape index (κ1) is 21.5. The molecule has 0 fully saturated rings. The van der Waals surface area contributed by atoms with Crippen molar-refractivity contribution in [2.24, 2.45) is 0 Å². The Morgan fingerprint density at radius 2 is 1.71 bits per heavy atom. The number of benzene rings is 1. The summed E-state index contributed by atoms with van der Waals surface area (Å²) in [6.07, 6.45) is 6.54. The molecule has 0 aliphatic carbocycles. The van der Waals surface area contributed by atoms with Crippen molar-refractivity contribution in [3.05, 3.63) is 118 Å². The van der Waals surface area contributed by atoms with Gasteiger partial charge in [0.05, 0.1) is 12.2 Å². The molecule has 1 amide bonds. The normalized spacial score (nSPS) is 11.2. The first-order valence-electron chi connectivity index (χ1n) is 11.1. The zero-order chi connectivity index (χ0) is 23.3. The van der Waals surface area contributed by atoms with E-state index in [-0.39, 0.29) is 17.8 Å². The molecule has 0 spiro atoms. The average molecular weight is 453 g/mol. The van der Waals surface area contributed by atoms with E-state index >= 15 is 0 Å². The van der Waals surface area contributed by atoms with Gasteiger partial charge in [0.25, 0.3) is 11.5 Å². The highest BCUT2D eigenvalue weighted by Gasteiger charge is 2.11. The van der Waals surface area contributed by atoms with Gasteiger partial charge in [-0.3, -0.25) is 14.0 Å². The molecule has 4 heterocycles. The zero-order valence-corrected chi connectivity index (χ0v) is 18.5. The maximum atomic E-state index is 12.6. The summed E-state index contributed by atoms with van der Waals surface area (Å²) in [5.74, 6) is -0.413. The van der Waals surface area contributed by atoms with E-state index in [2.05, 4.69) is 44.9 Å². The summed E-state index contributed by atoms with van der Waals surface area (Å²) in [6, 6.07) is 20.9. The van der Waals surface area contributed by atoms with Crippen LogP contribution in [0.3, 0.4) is 0 Å². The highest BCUT2D eigenvalue weighted by molar-refractivity contribution is 5.92. The number of amides is 1. The molecule has 5 rings (SSSR count). The molecule has 0 bridgehead atoms. The quantitative estimate of drug-likeness (QED) is 0.353. The van der Waals surface area contributed by atoms with Crippen molar-refractivity contribution in [3.8, 4) is 0 Å². The molecule has 8 nitrogen and oxygen atoms in total. The molecule has 0 saturated heterocycles. The summed E-state index contributed by atoms with van der Waals surface area (Å²) in [7, 11) is 0. The van der Waals surface area contributed by atoms with Crippen LogP contribution in [0, 0.1) is 0 Å². The highest BCUT2D eigenvalue weighted by Crippen LogP contribution is 2.09. The smallest absolute Gasteiger partial charge is 0.270 e. The topological polar surface area (TPSA) is 92.8 Å². The van der Waals surface area contributed by atoms with E-state index in [1.165, 1.54) is 16.0 Å². The van der Waals surface area contributed by atoms with Crippen molar-refractivity contribution in [2.75, 3.05) is 6.54 Å². The predicted octanol–water partition coefficient (Wildman–Crippen LogP) is 2.60. The monoisotopic (exact) mass is 452 g/mol. The minimum absolute atomic E-state index is 0.0869. The fourth-order valence-corrected chi connectivity index (χ4v) is 3.82. The molecule has 0 unspecified atom stereocenters. The summed E-state index contributed by atoms with van der Waals surface area (Å²) in [4.78, 5) is 33.6. The molecule has 5 aromatic rings. The molecule has 34 heavy (non-hydrogen) atoms. The van der Waals surface area contributed by atoms with Gasteiger partial charge in [-0.15, -0.1) is 0 Å². The van der Waals surface area contributed by atoms with Gasteiger partial charge in [0.2, 0.25) is 0 Å². The van der Waals surface area contributed by atoms with Gasteiger partial charge in [0.1, 0.15) is 17.0 Å². The first-order chi connectivity index (χ1) is 16.7. The Kier molecular flexibility index (Phi) is 6.13. The van der Waals surface area contributed by atoms with Gasteiger partial charge in [0.15, 0.2) is 0 Å². The summed E-state index contributed by atoms with van der Waals surface area (Å²) >= 11 is 0. The maximum Gasteiger partial charge on any atom is 0.270 e. The number of nitrogens with zero attached hydrogens (tertiary/aromatic N) is 4. The lowest BCUT2D eigenvalue weighted by Gasteiger charge is -2.06. The predicted molar refractivity (Wildman–Crippen MR) is 130 cm³/mol. The third kappa shape index (κ3) is 4.87. The summed E-state index contributed by atoms with van der Waals surface area (Å²) < 4.78 is 3.35. The number of nitrogens with one attached hydrogen (secondary N) is 2. The van der Waals surface area contributed by atoms with Crippen LogP contribution in [0.5, 0.6) is 0 Å². The van der Waals surface area contributed by atoms with Crippen LogP contribution in [0.15, 0.2) is 90.1 Å². The first-order valence-corrected chi connectivity index (χ1v) is 11.1. The lowest BCUT2D eigenvalue weighted by Crippen LogP contribution is -2.27. The van der Waals surface area contributed by atoms with Gasteiger partial charge in [0, 0.05) is 31.2 Å². The Hall–Kier alpha value is -4.30. The van der Waals surface area contributed by atoms with Gasteiger partial charge in [-0.2, -0.15) is 0 Å². The van der Waals surface area contributed by atoms with Gasteiger partial charge >= 0.3 is 0 Å². The van der Waals surface area contributed by atoms with Crippen LogP contribution in [0.2, 0.25) is 0 Å². The lowest BCUT2D eigenvalue weighted by molar-refractivity contribution is 0.0945. The Morgan fingerprint density at radius 1 is 0.853 bits per heavy atom. The van der Waals surface area contributed by atoms with Crippen LogP contribution in [0.1, 0.15) is 27.3 Å². The summed E-state index contributed by atoms with van der Waals surface area (Å²) in [5, 5.41) is 6.27. The molecule has 4 aromatic heterocycles. The minimum atomic E-state index is -0.413. The molecule has 0 aliphatic rings. The highest BCUT2D eigenvalue weighted by atomic mass is 16.2. The van der Waals surface area contributed by atoms with Crippen LogP contribution >= 0.6 is 0 Å². The second-order valence-electron chi connectivity index (χ2n) is 8.04. The van der Waals surface area contributed by atoms with E-state index < -0.39 is 5.91 Å². The molecular weight excluding hydrogens is 428 g/mol. The Balaban J connectivity index is 1.19. The van der Waals surface area contributed by atoms with E-state index in [0.29, 0.717) is 5.65 Å². The van der Waals surface area contributed by atoms with Gasteiger partial charge < -0.3 is 15.0 Å². The number of imidazole rings is 1. The zero-order valence-electron chi connectivity index (χ0n) is 18.5. The van der Waals surface area contributed by atoms with Gasteiger partial charge in [-0.25, -0.2) is 9.97 Å². The second-order valence-corrected chi connectivity index (χ2v) is 8.04. The third-order valence-corrected chi connectivity index (χ3v) is 5.56. The number of aromatic nitrogens is 4. The van der Waals surface area contributed by atoms with Crippen molar-refractivity contribution in [2.45, 2.75) is 19.5 Å². The number of fused-ring (bicyclic) bond motifs is 2. The van der Waals surface area contributed by atoms with Gasteiger partial charge in [-0.05, 0) is 42.3 Å². The molecule has 8 heteroatoms. The van der Waals surface area contributed by atoms with E-state index in [1.54, 1.807) is 24.4 Å². The minimum Gasteiger partial charge on any atom is -0.345 e. The lowest BCUT2D eigenvalue weighted by atomic mass is 10.1. The van der Waals surface area contributed by atoms with Crippen LogP contribution < -0.4 is 16.2 Å². The van der Waals surface area contributed by atoms with E-state index in [4.69, 9.17) is 0 Å². The third-order valence-electron chi connectivity index (χ3n) is 5.56. The average Bonchev–Trinajstić information content (AvgIpc) is 3.28. The molecule has 2 N–H and O–H groups in total. The summed E-state index contributed by atoms with van der Waals surface area (Å²) in [6.45, 7) is 1.90. The fourth-order valence-electron chi connectivity index (χ4n) is 3.82. The van der Waals surface area contributed by atoms with E-state index in [9.17, 15) is 9.59 Å². The fraction of sp³-hybridized carbons (Fsp3) is 0.154. The van der Waals surface area contributed by atoms with Crippen LogP contribution in [-0.2, 0) is 19.5 Å². The van der Waals surface area contributed by atoms with Gasteiger partial charge in [-0.1, -0.05) is 42.5 Å². The molecule has 170 valence electrons. The molecule has 1 aromatic carbocycles. The number of pyridine rings is 2. The van der Waals surface area contributed by atoms with E-state index in [1.807, 2.05) is 35.0 Å². The molecule has 0 saturated carbocycles. The Morgan fingerprint density at radius 3 is 2.59 bits per heavy atom. The number of carbonyl (C=O) groups excluding carboxylic acids is 1. The number of carbonyl (C=O) groups is 1. The van der Waals surface area contributed by atoms with E-state index in [0.717, 1.165) is 36.4 Å². The number of hydrogen-bond donors (Lipinski definition) is 2. The van der Waals surface area contributed by atoms with Crippen LogP contribution in [-0.4, -0.2) is 31.2 Å². The largest absolute Gasteiger partial charge is 0.345 e. The molecule has 0 aliphatic heterocycles. The standard InChI is InChI=1S/C26H24N6O2/c33-25-14-22(30-24-8-4-5-13-32(24)25)26(34)28-16-21-18-31-17-20(9-10-23(31)29-21)15-27-12-11-19-6-2-1-3-7-19/h1-10,13-14,17-18,27H,11-12,15-16H2,(H,28,34).